The molecule has 9 heteroatoms. The summed E-state index contributed by atoms with van der Waals surface area (Å²) >= 11 is 1.16. The molecule has 0 saturated heterocycles. The lowest BCUT2D eigenvalue weighted by Gasteiger charge is -2.11. The number of hydrogen-bond acceptors (Lipinski definition) is 5. The summed E-state index contributed by atoms with van der Waals surface area (Å²) in [4.78, 5) is 17.5. The normalized spacial score (nSPS) is 12.6. The van der Waals surface area contributed by atoms with E-state index in [-0.39, 0.29) is 24.0 Å². The van der Waals surface area contributed by atoms with Gasteiger partial charge in [-0.05, 0) is 30.2 Å². The Morgan fingerprint density at radius 2 is 1.73 bits per heavy atom. The number of fused-ring (bicyclic) bond motifs is 1. The highest BCUT2D eigenvalue weighted by Crippen LogP contribution is 2.32. The second-order valence-corrected chi connectivity index (χ2v) is 8.37. The minimum absolute atomic E-state index is 0.120. The van der Waals surface area contributed by atoms with E-state index in [4.69, 9.17) is 4.42 Å². The topological polar surface area (TPSA) is 60.4 Å². The van der Waals surface area contributed by atoms with Crippen LogP contribution in [0.15, 0.2) is 75.9 Å². The Bertz CT molecular complexity index is 1530. The molecule has 0 N–H and O–H groups in total. The lowest BCUT2D eigenvalue weighted by atomic mass is 10.0. The third-order valence-electron chi connectivity index (χ3n) is 5.12. The number of aryl methyl sites for hydroxylation is 2. The van der Waals surface area contributed by atoms with Gasteiger partial charge in [0.05, 0.1) is 5.56 Å². The number of rotatable bonds is 5. The first-order valence-corrected chi connectivity index (χ1v) is 10.9. The van der Waals surface area contributed by atoms with Gasteiger partial charge in [0.1, 0.15) is 16.1 Å². The molecule has 0 atom stereocenters. The van der Waals surface area contributed by atoms with Crippen molar-refractivity contribution < 1.29 is 17.6 Å². The zero-order valence-corrected chi connectivity index (χ0v) is 17.9. The first-order valence-electron chi connectivity index (χ1n) is 10.1. The Hall–Kier alpha value is -3.72. The van der Waals surface area contributed by atoms with Crippen LogP contribution in [0.5, 0.6) is 0 Å². The Balaban J connectivity index is 1.38. The molecular weight excluding hydrogens is 451 g/mol. The number of alkyl halides is 3. The van der Waals surface area contributed by atoms with E-state index < -0.39 is 11.7 Å². The number of nitrogens with zero attached hydrogens (tertiary/aromatic N) is 3. The van der Waals surface area contributed by atoms with Crippen LogP contribution in [0.2, 0.25) is 0 Å². The molecule has 5 nitrogen and oxygen atoms in total. The van der Waals surface area contributed by atoms with Crippen molar-refractivity contribution >= 4 is 22.4 Å². The fraction of sp³-hybridized carbons (Fsp3) is 0.125. The molecule has 0 aliphatic rings. The maximum absolute atomic E-state index is 13.2. The van der Waals surface area contributed by atoms with E-state index in [0.29, 0.717) is 26.8 Å². The molecule has 0 amide bonds. The van der Waals surface area contributed by atoms with Crippen molar-refractivity contribution in [3.05, 3.63) is 104 Å². The Morgan fingerprint density at radius 3 is 2.48 bits per heavy atom. The quantitative estimate of drug-likeness (QED) is 0.374. The van der Waals surface area contributed by atoms with Gasteiger partial charge in [-0.1, -0.05) is 59.9 Å². The number of benzene rings is 2. The lowest BCUT2D eigenvalue weighted by molar-refractivity contribution is -0.138. The predicted molar refractivity (Wildman–Crippen MR) is 119 cm³/mol. The smallest absolute Gasteiger partial charge is 0.416 e. The Labute approximate surface area is 189 Å². The van der Waals surface area contributed by atoms with Gasteiger partial charge < -0.3 is 4.42 Å². The summed E-state index contributed by atoms with van der Waals surface area (Å²) in [7, 11) is 0. The predicted octanol–water partition coefficient (Wildman–Crippen LogP) is 4.76. The van der Waals surface area contributed by atoms with Crippen molar-refractivity contribution in [2.24, 2.45) is 0 Å². The lowest BCUT2D eigenvalue weighted by Crippen LogP contribution is -2.23. The highest BCUT2D eigenvalue weighted by molar-refractivity contribution is 7.15. The molecule has 166 valence electrons. The van der Waals surface area contributed by atoms with Gasteiger partial charge in [-0.25, -0.2) is 4.98 Å². The zero-order valence-electron chi connectivity index (χ0n) is 17.0. The summed E-state index contributed by atoms with van der Waals surface area (Å²) in [6.07, 6.45) is -2.47. The first kappa shape index (κ1) is 21.1. The van der Waals surface area contributed by atoms with Crippen molar-refractivity contribution in [1.29, 1.82) is 0 Å². The van der Waals surface area contributed by atoms with E-state index in [0.717, 1.165) is 23.0 Å². The van der Waals surface area contributed by atoms with Crippen LogP contribution in [0.1, 0.15) is 22.7 Å². The summed E-state index contributed by atoms with van der Waals surface area (Å²) in [6.45, 7) is 0. The monoisotopic (exact) mass is 467 g/mol. The number of halogens is 3. The molecule has 0 unspecified atom stereocenters. The molecule has 0 bridgehead atoms. The average molecular weight is 467 g/mol. The van der Waals surface area contributed by atoms with E-state index in [1.165, 1.54) is 16.6 Å². The molecule has 2 aromatic carbocycles. The third kappa shape index (κ3) is 4.31. The van der Waals surface area contributed by atoms with Crippen LogP contribution >= 0.6 is 11.3 Å². The summed E-state index contributed by atoms with van der Waals surface area (Å²) in [5.41, 5.74) is 0.0910. The SMILES string of the molecule is O=c1/c(=C/c2ccc(-c3ccccc3)o2)sc2nc(CCc3ccccc3C(F)(F)F)nn12. The zero-order chi connectivity index (χ0) is 23.0. The van der Waals surface area contributed by atoms with E-state index in [2.05, 4.69) is 10.1 Å². The summed E-state index contributed by atoms with van der Waals surface area (Å²) in [5.74, 6) is 1.54. The molecule has 3 heterocycles. The summed E-state index contributed by atoms with van der Waals surface area (Å²) < 4.78 is 47.0. The highest BCUT2D eigenvalue weighted by atomic mass is 32.1. The van der Waals surface area contributed by atoms with Gasteiger partial charge >= 0.3 is 6.18 Å². The molecule has 5 aromatic rings. The fourth-order valence-corrected chi connectivity index (χ4v) is 4.47. The van der Waals surface area contributed by atoms with Gasteiger partial charge in [0.2, 0.25) is 4.96 Å². The molecular formula is C24H16F3N3O2S. The van der Waals surface area contributed by atoms with Crippen molar-refractivity contribution in [1.82, 2.24) is 14.6 Å². The van der Waals surface area contributed by atoms with E-state index >= 15 is 0 Å². The number of aromatic nitrogens is 3. The molecule has 0 saturated carbocycles. The van der Waals surface area contributed by atoms with Crippen LogP contribution in [-0.2, 0) is 19.0 Å². The maximum atomic E-state index is 13.2. The van der Waals surface area contributed by atoms with Crippen LogP contribution in [-0.4, -0.2) is 14.6 Å². The largest absolute Gasteiger partial charge is 0.457 e. The molecule has 0 spiro atoms. The molecule has 5 rings (SSSR count). The molecule has 0 aliphatic heterocycles. The standard InChI is InChI=1S/C24H16F3N3O2S/c25-24(26,27)18-9-5-4-6-15(18)10-13-21-28-23-30(29-21)22(31)20(33-23)14-17-11-12-19(32-17)16-7-2-1-3-8-16/h1-9,11-12,14H,10,13H2/b20-14-. The van der Waals surface area contributed by atoms with Crippen LogP contribution in [0.3, 0.4) is 0 Å². The molecule has 33 heavy (non-hydrogen) atoms. The van der Waals surface area contributed by atoms with E-state index in [1.54, 1.807) is 18.2 Å². The van der Waals surface area contributed by atoms with E-state index in [9.17, 15) is 18.0 Å². The van der Waals surface area contributed by atoms with Gasteiger partial charge in [0.15, 0.2) is 5.82 Å². The third-order valence-corrected chi connectivity index (χ3v) is 6.08. The van der Waals surface area contributed by atoms with Crippen molar-refractivity contribution in [3.8, 4) is 11.3 Å². The highest BCUT2D eigenvalue weighted by Gasteiger charge is 2.32. The van der Waals surface area contributed by atoms with Crippen molar-refractivity contribution in [2.75, 3.05) is 0 Å². The van der Waals surface area contributed by atoms with Gasteiger partial charge in [-0.3, -0.25) is 4.79 Å². The van der Waals surface area contributed by atoms with Gasteiger partial charge in [-0.15, -0.1) is 5.10 Å². The first-order chi connectivity index (χ1) is 15.9. The van der Waals surface area contributed by atoms with Gasteiger partial charge in [0, 0.05) is 18.1 Å². The van der Waals surface area contributed by atoms with E-state index in [1.807, 2.05) is 36.4 Å². The van der Waals surface area contributed by atoms with Gasteiger partial charge in [0.25, 0.3) is 5.56 Å². The van der Waals surface area contributed by atoms with Gasteiger partial charge in [-0.2, -0.15) is 17.7 Å². The number of furan rings is 1. The number of hydrogen-bond donors (Lipinski definition) is 0. The maximum Gasteiger partial charge on any atom is 0.416 e. The second kappa shape index (κ2) is 8.32. The van der Waals surface area contributed by atoms with Crippen LogP contribution in [0, 0.1) is 0 Å². The van der Waals surface area contributed by atoms with Crippen LogP contribution < -0.4 is 10.1 Å². The van der Waals surface area contributed by atoms with Crippen LogP contribution in [0.25, 0.3) is 22.4 Å². The molecule has 3 aromatic heterocycles. The summed E-state index contributed by atoms with van der Waals surface area (Å²) in [5, 5.41) is 4.21. The molecule has 0 aliphatic carbocycles. The number of thiazole rings is 1. The van der Waals surface area contributed by atoms with Crippen LogP contribution in [0.4, 0.5) is 13.2 Å². The molecule has 0 radical (unpaired) electrons. The Morgan fingerprint density at radius 1 is 0.970 bits per heavy atom. The van der Waals surface area contributed by atoms with Crippen molar-refractivity contribution in [3.63, 3.8) is 0 Å². The Kier molecular flexibility index (Phi) is 5.33. The second-order valence-electron chi connectivity index (χ2n) is 7.36. The fourth-order valence-electron chi connectivity index (χ4n) is 3.56. The minimum atomic E-state index is -4.42. The average Bonchev–Trinajstić information content (AvgIpc) is 3.50. The minimum Gasteiger partial charge on any atom is -0.457 e. The molecule has 0 fully saturated rings. The summed E-state index contributed by atoms with van der Waals surface area (Å²) in [6, 6.07) is 18.7. The van der Waals surface area contributed by atoms with Crippen molar-refractivity contribution in [2.45, 2.75) is 19.0 Å².